The molecule has 1 atom stereocenters. The van der Waals surface area contributed by atoms with Gasteiger partial charge in [0.25, 0.3) is 0 Å². The fraction of sp³-hybridized carbons (Fsp3) is 0.800. The van der Waals surface area contributed by atoms with Gasteiger partial charge in [-0.05, 0) is 32.4 Å². The number of aromatic nitrogens is 2. The molecule has 108 valence electrons. The van der Waals surface area contributed by atoms with Crippen molar-refractivity contribution in [3.05, 3.63) is 18.2 Å². The summed E-state index contributed by atoms with van der Waals surface area (Å²) in [6, 6.07) is 0.696. The van der Waals surface area contributed by atoms with E-state index in [-0.39, 0.29) is 0 Å². The Morgan fingerprint density at radius 2 is 2.32 bits per heavy atom. The minimum atomic E-state index is 0.696. The Morgan fingerprint density at radius 3 is 2.95 bits per heavy atom. The second-order valence-electron chi connectivity index (χ2n) is 5.65. The SMILES string of the molecule is CCCN(CCc1nccn1C)CC1CCCCN1. The van der Waals surface area contributed by atoms with E-state index in [0.717, 1.165) is 13.0 Å². The maximum absolute atomic E-state index is 4.42. The molecule has 1 unspecified atom stereocenters. The summed E-state index contributed by atoms with van der Waals surface area (Å²) in [4.78, 5) is 7.01. The molecule has 4 heteroatoms. The highest BCUT2D eigenvalue weighted by Crippen LogP contribution is 2.09. The van der Waals surface area contributed by atoms with Crippen LogP contribution >= 0.6 is 0 Å². The standard InChI is InChI=1S/C15H28N4/c1-3-10-19(13-14-6-4-5-8-16-14)11-7-15-17-9-12-18(15)2/h9,12,14,16H,3-8,10-11,13H2,1-2H3. The second-order valence-corrected chi connectivity index (χ2v) is 5.65. The molecule has 2 rings (SSSR count). The summed E-state index contributed by atoms with van der Waals surface area (Å²) in [6.45, 7) is 6.98. The van der Waals surface area contributed by atoms with Gasteiger partial charge in [0.15, 0.2) is 0 Å². The van der Waals surface area contributed by atoms with Gasteiger partial charge >= 0.3 is 0 Å². The first-order valence-electron chi connectivity index (χ1n) is 7.71. The van der Waals surface area contributed by atoms with Crippen LogP contribution in [0.3, 0.4) is 0 Å². The van der Waals surface area contributed by atoms with Crippen molar-refractivity contribution in [3.8, 4) is 0 Å². The van der Waals surface area contributed by atoms with Crippen LogP contribution in [0.4, 0.5) is 0 Å². The maximum atomic E-state index is 4.42. The van der Waals surface area contributed by atoms with Gasteiger partial charge in [0.1, 0.15) is 5.82 Å². The van der Waals surface area contributed by atoms with Crippen LogP contribution in [0.5, 0.6) is 0 Å². The van der Waals surface area contributed by atoms with Crippen LogP contribution in [0, 0.1) is 0 Å². The first kappa shape index (κ1) is 14.5. The van der Waals surface area contributed by atoms with E-state index in [9.17, 15) is 0 Å². The molecule has 1 aliphatic heterocycles. The number of piperidine rings is 1. The van der Waals surface area contributed by atoms with E-state index in [0.29, 0.717) is 6.04 Å². The lowest BCUT2D eigenvalue weighted by molar-refractivity contribution is 0.225. The molecule has 0 aromatic carbocycles. The first-order valence-corrected chi connectivity index (χ1v) is 7.71. The van der Waals surface area contributed by atoms with E-state index < -0.39 is 0 Å². The molecular weight excluding hydrogens is 236 g/mol. The van der Waals surface area contributed by atoms with Crippen LogP contribution in [0.2, 0.25) is 0 Å². The van der Waals surface area contributed by atoms with Gasteiger partial charge < -0.3 is 14.8 Å². The molecule has 1 saturated heterocycles. The Balaban J connectivity index is 1.79. The van der Waals surface area contributed by atoms with Crippen molar-refractivity contribution in [2.24, 2.45) is 7.05 Å². The lowest BCUT2D eigenvalue weighted by Crippen LogP contribution is -2.44. The minimum absolute atomic E-state index is 0.696. The summed E-state index contributed by atoms with van der Waals surface area (Å²) in [5.41, 5.74) is 0. The Labute approximate surface area is 117 Å². The van der Waals surface area contributed by atoms with Crippen LogP contribution in [0.15, 0.2) is 12.4 Å². The summed E-state index contributed by atoms with van der Waals surface area (Å²) in [5.74, 6) is 1.19. The van der Waals surface area contributed by atoms with Crippen molar-refractivity contribution in [1.29, 1.82) is 0 Å². The highest BCUT2D eigenvalue weighted by Gasteiger charge is 2.16. The molecule has 0 radical (unpaired) electrons. The van der Waals surface area contributed by atoms with Gasteiger partial charge in [0.2, 0.25) is 0 Å². The Hall–Kier alpha value is -0.870. The van der Waals surface area contributed by atoms with Crippen molar-refractivity contribution in [2.45, 2.75) is 45.1 Å². The molecule has 1 fully saturated rings. The molecule has 0 saturated carbocycles. The predicted molar refractivity (Wildman–Crippen MR) is 79.3 cm³/mol. The normalized spacial score (nSPS) is 20.1. The molecule has 2 heterocycles. The van der Waals surface area contributed by atoms with Gasteiger partial charge in [-0.15, -0.1) is 0 Å². The molecule has 1 aliphatic rings. The second kappa shape index (κ2) is 7.65. The quantitative estimate of drug-likeness (QED) is 0.815. The van der Waals surface area contributed by atoms with E-state index in [1.165, 1.54) is 51.1 Å². The monoisotopic (exact) mass is 264 g/mol. The summed E-state index contributed by atoms with van der Waals surface area (Å²) in [7, 11) is 2.08. The average Bonchev–Trinajstić information content (AvgIpc) is 2.83. The highest BCUT2D eigenvalue weighted by atomic mass is 15.2. The number of aryl methyl sites for hydroxylation is 1. The third kappa shape index (κ3) is 4.62. The molecule has 0 spiro atoms. The Morgan fingerprint density at radius 1 is 1.42 bits per heavy atom. The molecule has 0 amide bonds. The summed E-state index contributed by atoms with van der Waals surface area (Å²) < 4.78 is 2.13. The number of rotatable bonds is 7. The minimum Gasteiger partial charge on any atom is -0.338 e. The number of hydrogen-bond acceptors (Lipinski definition) is 3. The van der Waals surface area contributed by atoms with Crippen molar-refractivity contribution in [2.75, 3.05) is 26.2 Å². The fourth-order valence-corrected chi connectivity index (χ4v) is 2.90. The van der Waals surface area contributed by atoms with E-state index in [4.69, 9.17) is 0 Å². The van der Waals surface area contributed by atoms with Gasteiger partial charge in [0.05, 0.1) is 0 Å². The number of nitrogens with one attached hydrogen (secondary N) is 1. The fourth-order valence-electron chi connectivity index (χ4n) is 2.90. The largest absolute Gasteiger partial charge is 0.338 e. The third-order valence-corrected chi connectivity index (χ3v) is 4.00. The molecule has 1 aromatic rings. The topological polar surface area (TPSA) is 33.1 Å². The van der Waals surface area contributed by atoms with Crippen molar-refractivity contribution >= 4 is 0 Å². The zero-order chi connectivity index (χ0) is 13.5. The van der Waals surface area contributed by atoms with Gasteiger partial charge in [-0.2, -0.15) is 0 Å². The van der Waals surface area contributed by atoms with Crippen LogP contribution in [-0.4, -0.2) is 46.7 Å². The summed E-state index contributed by atoms with van der Waals surface area (Å²) in [6.07, 6.45) is 10.3. The maximum Gasteiger partial charge on any atom is 0.109 e. The average molecular weight is 264 g/mol. The van der Waals surface area contributed by atoms with Crippen molar-refractivity contribution in [3.63, 3.8) is 0 Å². The smallest absolute Gasteiger partial charge is 0.109 e. The van der Waals surface area contributed by atoms with Gasteiger partial charge in [-0.3, -0.25) is 0 Å². The molecule has 0 bridgehead atoms. The molecule has 0 aliphatic carbocycles. The van der Waals surface area contributed by atoms with Crippen LogP contribution in [-0.2, 0) is 13.5 Å². The summed E-state index contributed by atoms with van der Waals surface area (Å²) in [5, 5.41) is 3.65. The van der Waals surface area contributed by atoms with Crippen molar-refractivity contribution < 1.29 is 0 Å². The molecule has 1 N–H and O–H groups in total. The predicted octanol–water partition coefficient (Wildman–Crippen LogP) is 1.82. The first-order chi connectivity index (χ1) is 9.29. The van der Waals surface area contributed by atoms with Gasteiger partial charge in [-0.1, -0.05) is 13.3 Å². The van der Waals surface area contributed by atoms with E-state index in [1.54, 1.807) is 0 Å². The van der Waals surface area contributed by atoms with E-state index in [1.807, 2.05) is 12.4 Å². The Bertz CT molecular complexity index is 355. The van der Waals surface area contributed by atoms with Gasteiger partial charge in [-0.25, -0.2) is 4.98 Å². The summed E-state index contributed by atoms with van der Waals surface area (Å²) >= 11 is 0. The molecule has 19 heavy (non-hydrogen) atoms. The Kier molecular flexibility index (Phi) is 5.86. The van der Waals surface area contributed by atoms with E-state index >= 15 is 0 Å². The van der Waals surface area contributed by atoms with Gasteiger partial charge in [0, 0.05) is 45.0 Å². The number of imidazole rings is 1. The molecular formula is C15H28N4. The van der Waals surface area contributed by atoms with Crippen LogP contribution in [0.25, 0.3) is 0 Å². The van der Waals surface area contributed by atoms with E-state index in [2.05, 4.69) is 33.7 Å². The third-order valence-electron chi connectivity index (χ3n) is 4.00. The van der Waals surface area contributed by atoms with Crippen LogP contribution in [0.1, 0.15) is 38.4 Å². The zero-order valence-electron chi connectivity index (χ0n) is 12.4. The molecule has 4 nitrogen and oxygen atoms in total. The lowest BCUT2D eigenvalue weighted by atomic mass is 10.0. The number of nitrogens with zero attached hydrogens (tertiary/aromatic N) is 3. The zero-order valence-corrected chi connectivity index (χ0v) is 12.4. The van der Waals surface area contributed by atoms with Crippen molar-refractivity contribution in [1.82, 2.24) is 19.8 Å². The van der Waals surface area contributed by atoms with Crippen LogP contribution < -0.4 is 5.32 Å². The highest BCUT2D eigenvalue weighted by molar-refractivity contribution is 4.92. The lowest BCUT2D eigenvalue weighted by Gasteiger charge is -2.30. The number of hydrogen-bond donors (Lipinski definition) is 1. The molecule has 1 aromatic heterocycles.